The Labute approximate surface area is 118 Å². The van der Waals surface area contributed by atoms with Gasteiger partial charge < -0.3 is 11.1 Å². The van der Waals surface area contributed by atoms with Crippen LogP contribution in [-0.4, -0.2) is 6.54 Å². The molecule has 1 heterocycles. The largest absolute Gasteiger partial charge is 0.376 e. The van der Waals surface area contributed by atoms with Crippen molar-refractivity contribution in [3.8, 4) is 0 Å². The van der Waals surface area contributed by atoms with Crippen LogP contribution in [0.4, 0.5) is 5.69 Å². The fourth-order valence-corrected chi connectivity index (χ4v) is 3.22. The molecular weight excluding hydrogens is 320 g/mol. The summed E-state index contributed by atoms with van der Waals surface area (Å²) in [4.78, 5) is 1.21. The molecule has 17 heavy (non-hydrogen) atoms. The highest BCUT2D eigenvalue weighted by Gasteiger charge is 2.11. The van der Waals surface area contributed by atoms with Crippen molar-refractivity contribution in [1.82, 2.24) is 0 Å². The lowest BCUT2D eigenvalue weighted by molar-refractivity contribution is 0.806. The third kappa shape index (κ3) is 3.45. The summed E-state index contributed by atoms with van der Waals surface area (Å²) in [5.41, 5.74) is 6.78. The maximum Gasteiger partial charge on any atom is 0.0729 e. The molecule has 0 amide bonds. The fraction of sp³-hybridized carbons (Fsp3) is 0.167. The molecule has 5 heteroatoms. The van der Waals surface area contributed by atoms with Gasteiger partial charge in [-0.2, -0.15) is 0 Å². The SMILES string of the molecule is NCC(Nc1cccc(Cl)c1)c1ccc(Br)s1. The number of hydrogen-bond donors (Lipinski definition) is 2. The van der Waals surface area contributed by atoms with E-state index in [1.165, 1.54) is 4.88 Å². The van der Waals surface area contributed by atoms with E-state index in [1.807, 2.05) is 30.3 Å². The van der Waals surface area contributed by atoms with Gasteiger partial charge in [-0.05, 0) is 46.3 Å². The molecule has 2 rings (SSSR count). The molecule has 2 aromatic rings. The predicted octanol–water partition coefficient (Wildman–Crippen LogP) is 4.28. The first-order valence-corrected chi connectivity index (χ1v) is 7.15. The topological polar surface area (TPSA) is 38.0 Å². The summed E-state index contributed by atoms with van der Waals surface area (Å²) in [5.74, 6) is 0. The average Bonchev–Trinajstić information content (AvgIpc) is 2.73. The number of rotatable bonds is 4. The van der Waals surface area contributed by atoms with E-state index in [0.29, 0.717) is 6.54 Å². The molecule has 1 atom stereocenters. The summed E-state index contributed by atoms with van der Waals surface area (Å²) in [6.45, 7) is 0.541. The van der Waals surface area contributed by atoms with Crippen LogP contribution in [-0.2, 0) is 0 Å². The Morgan fingerprint density at radius 3 is 2.76 bits per heavy atom. The smallest absolute Gasteiger partial charge is 0.0729 e. The third-order valence-electron chi connectivity index (χ3n) is 2.34. The third-order valence-corrected chi connectivity index (χ3v) is 4.31. The molecule has 0 radical (unpaired) electrons. The van der Waals surface area contributed by atoms with E-state index in [9.17, 15) is 0 Å². The Morgan fingerprint density at radius 2 is 2.18 bits per heavy atom. The van der Waals surface area contributed by atoms with Crippen molar-refractivity contribution in [2.75, 3.05) is 11.9 Å². The Balaban J connectivity index is 2.15. The van der Waals surface area contributed by atoms with Crippen LogP contribution in [0.3, 0.4) is 0 Å². The Hall–Kier alpha value is -0.550. The van der Waals surface area contributed by atoms with Gasteiger partial charge >= 0.3 is 0 Å². The second kappa shape index (κ2) is 5.87. The quantitative estimate of drug-likeness (QED) is 0.877. The van der Waals surface area contributed by atoms with Crippen LogP contribution in [0, 0.1) is 0 Å². The molecule has 0 aliphatic carbocycles. The molecule has 1 aromatic carbocycles. The van der Waals surface area contributed by atoms with E-state index in [-0.39, 0.29) is 6.04 Å². The summed E-state index contributed by atoms with van der Waals surface area (Å²) < 4.78 is 1.11. The number of benzene rings is 1. The van der Waals surface area contributed by atoms with E-state index < -0.39 is 0 Å². The first kappa shape index (κ1) is 12.9. The van der Waals surface area contributed by atoms with Gasteiger partial charge in [0, 0.05) is 22.1 Å². The average molecular weight is 332 g/mol. The van der Waals surface area contributed by atoms with Gasteiger partial charge in [-0.3, -0.25) is 0 Å². The molecule has 0 saturated carbocycles. The van der Waals surface area contributed by atoms with Crippen LogP contribution < -0.4 is 11.1 Å². The maximum atomic E-state index is 5.95. The minimum Gasteiger partial charge on any atom is -0.376 e. The summed E-state index contributed by atoms with van der Waals surface area (Å²) >= 11 is 11.1. The van der Waals surface area contributed by atoms with Gasteiger partial charge in [-0.1, -0.05) is 17.7 Å². The lowest BCUT2D eigenvalue weighted by Crippen LogP contribution is -2.19. The number of nitrogens with two attached hydrogens (primary N) is 1. The van der Waals surface area contributed by atoms with Crippen molar-refractivity contribution in [2.24, 2.45) is 5.73 Å². The standard InChI is InChI=1S/C12H12BrClN2S/c13-12-5-4-11(17-12)10(7-15)16-9-3-1-2-8(14)6-9/h1-6,10,16H,7,15H2. The van der Waals surface area contributed by atoms with Gasteiger partial charge in [0.1, 0.15) is 0 Å². The minimum atomic E-state index is 0.116. The van der Waals surface area contributed by atoms with Crippen LogP contribution >= 0.6 is 38.9 Å². The van der Waals surface area contributed by atoms with Gasteiger partial charge in [0.15, 0.2) is 0 Å². The van der Waals surface area contributed by atoms with E-state index in [0.717, 1.165) is 14.5 Å². The lowest BCUT2D eigenvalue weighted by Gasteiger charge is -2.16. The molecule has 0 aliphatic heterocycles. The highest BCUT2D eigenvalue weighted by molar-refractivity contribution is 9.11. The summed E-state index contributed by atoms with van der Waals surface area (Å²) in [6, 6.07) is 11.9. The molecular formula is C12H12BrClN2S. The first-order chi connectivity index (χ1) is 8.19. The lowest BCUT2D eigenvalue weighted by atomic mass is 10.2. The molecule has 90 valence electrons. The van der Waals surface area contributed by atoms with Crippen LogP contribution in [0.15, 0.2) is 40.2 Å². The van der Waals surface area contributed by atoms with Crippen LogP contribution in [0.1, 0.15) is 10.9 Å². The summed E-state index contributed by atoms with van der Waals surface area (Å²) in [5, 5.41) is 4.10. The van der Waals surface area contributed by atoms with Gasteiger partial charge in [0.05, 0.1) is 9.83 Å². The zero-order chi connectivity index (χ0) is 12.3. The minimum absolute atomic E-state index is 0.116. The Bertz CT molecular complexity index is 501. The number of anilines is 1. The van der Waals surface area contributed by atoms with E-state index >= 15 is 0 Å². The monoisotopic (exact) mass is 330 g/mol. The van der Waals surface area contributed by atoms with Gasteiger partial charge in [-0.25, -0.2) is 0 Å². The van der Waals surface area contributed by atoms with Gasteiger partial charge in [-0.15, -0.1) is 11.3 Å². The second-order valence-corrected chi connectivity index (χ2v) is 6.52. The van der Waals surface area contributed by atoms with E-state index in [2.05, 4.69) is 27.3 Å². The van der Waals surface area contributed by atoms with Crippen molar-refractivity contribution < 1.29 is 0 Å². The maximum absolute atomic E-state index is 5.95. The summed E-state index contributed by atoms with van der Waals surface area (Å²) in [6.07, 6.45) is 0. The Kier molecular flexibility index (Phi) is 4.45. The molecule has 0 fully saturated rings. The van der Waals surface area contributed by atoms with E-state index in [1.54, 1.807) is 11.3 Å². The van der Waals surface area contributed by atoms with Gasteiger partial charge in [0.25, 0.3) is 0 Å². The molecule has 0 spiro atoms. The van der Waals surface area contributed by atoms with E-state index in [4.69, 9.17) is 17.3 Å². The normalized spacial score (nSPS) is 12.4. The van der Waals surface area contributed by atoms with Crippen molar-refractivity contribution in [3.05, 3.63) is 50.1 Å². The van der Waals surface area contributed by atoms with Crippen molar-refractivity contribution in [1.29, 1.82) is 0 Å². The number of halogens is 2. The van der Waals surface area contributed by atoms with Crippen molar-refractivity contribution >= 4 is 44.6 Å². The van der Waals surface area contributed by atoms with Crippen molar-refractivity contribution in [3.63, 3.8) is 0 Å². The number of nitrogens with one attached hydrogen (secondary N) is 1. The molecule has 3 N–H and O–H groups in total. The highest BCUT2D eigenvalue weighted by atomic mass is 79.9. The first-order valence-electron chi connectivity index (χ1n) is 5.16. The molecule has 2 nitrogen and oxygen atoms in total. The van der Waals surface area contributed by atoms with Crippen molar-refractivity contribution in [2.45, 2.75) is 6.04 Å². The number of hydrogen-bond acceptors (Lipinski definition) is 3. The van der Waals surface area contributed by atoms with Crippen LogP contribution in [0.25, 0.3) is 0 Å². The molecule has 1 aromatic heterocycles. The number of thiophene rings is 1. The Morgan fingerprint density at radius 1 is 1.35 bits per heavy atom. The molecule has 1 unspecified atom stereocenters. The van der Waals surface area contributed by atoms with Crippen LogP contribution in [0.2, 0.25) is 5.02 Å². The zero-order valence-electron chi connectivity index (χ0n) is 8.99. The second-order valence-electron chi connectivity index (χ2n) is 3.58. The molecule has 0 saturated heterocycles. The molecule has 0 aliphatic rings. The van der Waals surface area contributed by atoms with Gasteiger partial charge in [0.2, 0.25) is 0 Å². The highest BCUT2D eigenvalue weighted by Crippen LogP contribution is 2.29. The fourth-order valence-electron chi connectivity index (χ4n) is 1.54. The predicted molar refractivity (Wildman–Crippen MR) is 78.9 cm³/mol. The zero-order valence-corrected chi connectivity index (χ0v) is 12.1. The summed E-state index contributed by atoms with van der Waals surface area (Å²) in [7, 11) is 0. The molecule has 0 bridgehead atoms. The van der Waals surface area contributed by atoms with Crippen LogP contribution in [0.5, 0.6) is 0 Å².